The Morgan fingerprint density at radius 2 is 1.62 bits per heavy atom. The predicted octanol–water partition coefficient (Wildman–Crippen LogP) is 6.34. The molecule has 0 saturated carbocycles. The summed E-state index contributed by atoms with van der Waals surface area (Å²) in [5, 5.41) is 2.41. The van der Waals surface area contributed by atoms with Gasteiger partial charge in [-0.05, 0) is 51.9 Å². The first-order valence-corrected chi connectivity index (χ1v) is 8.44. The van der Waals surface area contributed by atoms with Gasteiger partial charge < -0.3 is 4.74 Å². The van der Waals surface area contributed by atoms with Crippen LogP contribution < -0.4 is 4.74 Å². The van der Waals surface area contributed by atoms with Crippen LogP contribution in [0.2, 0.25) is 0 Å². The van der Waals surface area contributed by atoms with E-state index in [1.54, 1.807) is 7.11 Å². The van der Waals surface area contributed by atoms with Crippen LogP contribution in [0.1, 0.15) is 37.8 Å². The number of rotatable bonds is 4. The molecule has 0 bridgehead atoms. The van der Waals surface area contributed by atoms with Crippen molar-refractivity contribution in [2.45, 2.75) is 33.1 Å². The van der Waals surface area contributed by atoms with E-state index in [-0.39, 0.29) is 11.7 Å². The van der Waals surface area contributed by atoms with Crippen LogP contribution in [0.4, 0.5) is 4.39 Å². The fourth-order valence-electron chi connectivity index (χ4n) is 3.22. The highest BCUT2D eigenvalue weighted by molar-refractivity contribution is 5.90. The van der Waals surface area contributed by atoms with Crippen molar-refractivity contribution in [2.75, 3.05) is 7.11 Å². The molecule has 0 radical (unpaired) electrons. The third-order valence-electron chi connectivity index (χ3n) is 4.58. The maximum Gasteiger partial charge on any atom is 0.130 e. The molecule has 0 heterocycles. The Hall–Kier alpha value is -2.35. The van der Waals surface area contributed by atoms with Crippen molar-refractivity contribution in [3.8, 4) is 16.9 Å². The molecule has 2 heteroatoms. The summed E-state index contributed by atoms with van der Waals surface area (Å²) in [4.78, 5) is 0. The van der Waals surface area contributed by atoms with E-state index < -0.39 is 0 Å². The van der Waals surface area contributed by atoms with Gasteiger partial charge in [-0.3, -0.25) is 0 Å². The highest BCUT2D eigenvalue weighted by Crippen LogP contribution is 2.38. The zero-order valence-electron chi connectivity index (χ0n) is 14.7. The molecule has 0 aliphatic rings. The number of aryl methyl sites for hydroxylation is 1. The number of ether oxygens (including phenoxy) is 1. The standard InChI is InChI=1S/C22H23FO/c1-5-15-10-16-8-6-7-9-17(16)11-19(15)20-12-18(14(2)3)21(23)13-22(20)24-4/h6-14H,5H2,1-4H3. The fraction of sp³-hybridized carbons (Fsp3) is 0.273. The molecule has 3 rings (SSSR count). The van der Waals surface area contributed by atoms with Crippen LogP contribution in [0, 0.1) is 5.82 Å². The van der Waals surface area contributed by atoms with Crippen molar-refractivity contribution in [1.82, 2.24) is 0 Å². The van der Waals surface area contributed by atoms with Crippen LogP contribution in [-0.4, -0.2) is 7.11 Å². The minimum absolute atomic E-state index is 0.125. The molecule has 0 N–H and O–H groups in total. The zero-order valence-corrected chi connectivity index (χ0v) is 14.7. The topological polar surface area (TPSA) is 9.23 Å². The van der Waals surface area contributed by atoms with Crippen molar-refractivity contribution in [2.24, 2.45) is 0 Å². The van der Waals surface area contributed by atoms with E-state index in [2.05, 4.69) is 37.3 Å². The molecule has 0 fully saturated rings. The SMILES string of the molecule is CCc1cc2ccccc2cc1-c1cc(C(C)C)c(F)cc1OC. The van der Waals surface area contributed by atoms with Gasteiger partial charge in [0.15, 0.2) is 0 Å². The minimum Gasteiger partial charge on any atom is -0.496 e. The molecule has 3 aromatic carbocycles. The summed E-state index contributed by atoms with van der Waals surface area (Å²) in [5.74, 6) is 0.506. The summed E-state index contributed by atoms with van der Waals surface area (Å²) in [6, 6.07) is 16.2. The molecule has 124 valence electrons. The molecular formula is C22H23FO. The van der Waals surface area contributed by atoms with Gasteiger partial charge in [0.05, 0.1) is 7.11 Å². The second kappa shape index (κ2) is 6.64. The van der Waals surface area contributed by atoms with Crippen LogP contribution in [0.5, 0.6) is 5.75 Å². The van der Waals surface area contributed by atoms with Crippen molar-refractivity contribution < 1.29 is 9.13 Å². The van der Waals surface area contributed by atoms with Crippen molar-refractivity contribution in [3.05, 3.63) is 65.5 Å². The molecule has 1 nitrogen and oxygen atoms in total. The number of methoxy groups -OCH3 is 1. The number of hydrogen-bond acceptors (Lipinski definition) is 1. The van der Waals surface area contributed by atoms with E-state index in [0.29, 0.717) is 5.75 Å². The molecule has 0 atom stereocenters. The summed E-state index contributed by atoms with van der Waals surface area (Å²) >= 11 is 0. The van der Waals surface area contributed by atoms with Crippen LogP contribution in [0.15, 0.2) is 48.5 Å². The number of hydrogen-bond donors (Lipinski definition) is 0. The smallest absolute Gasteiger partial charge is 0.130 e. The van der Waals surface area contributed by atoms with Crippen molar-refractivity contribution in [1.29, 1.82) is 0 Å². The van der Waals surface area contributed by atoms with Gasteiger partial charge in [-0.15, -0.1) is 0 Å². The van der Waals surface area contributed by atoms with Gasteiger partial charge in [0.1, 0.15) is 11.6 Å². The lowest BCUT2D eigenvalue weighted by Crippen LogP contribution is -1.99. The Kier molecular flexibility index (Phi) is 4.57. The third-order valence-corrected chi connectivity index (χ3v) is 4.58. The number of halogens is 1. The van der Waals surface area contributed by atoms with Gasteiger partial charge in [0.2, 0.25) is 0 Å². The predicted molar refractivity (Wildman–Crippen MR) is 99.4 cm³/mol. The summed E-state index contributed by atoms with van der Waals surface area (Å²) < 4.78 is 19.8. The largest absolute Gasteiger partial charge is 0.496 e. The lowest BCUT2D eigenvalue weighted by atomic mass is 9.90. The summed E-state index contributed by atoms with van der Waals surface area (Å²) in [7, 11) is 1.60. The third kappa shape index (κ3) is 2.89. The van der Waals surface area contributed by atoms with Gasteiger partial charge >= 0.3 is 0 Å². The van der Waals surface area contributed by atoms with Crippen LogP contribution in [0.25, 0.3) is 21.9 Å². The number of benzene rings is 3. The summed E-state index contributed by atoms with van der Waals surface area (Å²) in [5.41, 5.74) is 4.05. The van der Waals surface area contributed by atoms with E-state index in [1.807, 2.05) is 26.0 Å². The molecule has 0 saturated heterocycles. The maximum absolute atomic E-state index is 14.3. The first-order chi connectivity index (χ1) is 11.5. The first kappa shape index (κ1) is 16.5. The minimum atomic E-state index is -0.204. The molecular weight excluding hydrogens is 299 g/mol. The fourth-order valence-corrected chi connectivity index (χ4v) is 3.22. The average molecular weight is 322 g/mol. The maximum atomic E-state index is 14.3. The molecule has 0 amide bonds. The van der Waals surface area contributed by atoms with Crippen molar-refractivity contribution in [3.63, 3.8) is 0 Å². The quantitative estimate of drug-likeness (QED) is 0.544. The Bertz CT molecular complexity index is 881. The van der Waals surface area contributed by atoms with Crippen LogP contribution in [-0.2, 0) is 6.42 Å². The Morgan fingerprint density at radius 1 is 0.958 bits per heavy atom. The second-order valence-electron chi connectivity index (χ2n) is 6.44. The molecule has 0 aliphatic carbocycles. The monoisotopic (exact) mass is 322 g/mol. The Morgan fingerprint density at radius 3 is 2.21 bits per heavy atom. The van der Waals surface area contributed by atoms with Gasteiger partial charge in [-0.25, -0.2) is 4.39 Å². The van der Waals surface area contributed by atoms with Gasteiger partial charge in [-0.1, -0.05) is 51.1 Å². The Labute approximate surface area is 143 Å². The van der Waals surface area contributed by atoms with E-state index in [1.165, 1.54) is 22.4 Å². The van der Waals surface area contributed by atoms with E-state index in [9.17, 15) is 4.39 Å². The van der Waals surface area contributed by atoms with Crippen LogP contribution in [0.3, 0.4) is 0 Å². The molecule has 3 aromatic rings. The van der Waals surface area contributed by atoms with E-state index >= 15 is 0 Å². The average Bonchev–Trinajstić information content (AvgIpc) is 2.59. The molecule has 0 aromatic heterocycles. The zero-order chi connectivity index (χ0) is 17.3. The van der Waals surface area contributed by atoms with Gasteiger partial charge in [0, 0.05) is 11.6 Å². The normalized spacial score (nSPS) is 11.2. The molecule has 0 spiro atoms. The lowest BCUT2D eigenvalue weighted by molar-refractivity contribution is 0.412. The van der Waals surface area contributed by atoms with E-state index in [0.717, 1.165) is 23.1 Å². The Balaban J connectivity index is 2.31. The molecule has 0 unspecified atom stereocenters. The van der Waals surface area contributed by atoms with Gasteiger partial charge in [0.25, 0.3) is 0 Å². The summed E-state index contributed by atoms with van der Waals surface area (Å²) in [6.07, 6.45) is 0.914. The number of fused-ring (bicyclic) bond motifs is 1. The molecule has 24 heavy (non-hydrogen) atoms. The van der Waals surface area contributed by atoms with Crippen LogP contribution >= 0.6 is 0 Å². The van der Waals surface area contributed by atoms with Crippen molar-refractivity contribution >= 4 is 10.8 Å². The first-order valence-electron chi connectivity index (χ1n) is 8.44. The highest BCUT2D eigenvalue weighted by atomic mass is 19.1. The lowest BCUT2D eigenvalue weighted by Gasteiger charge is -2.17. The highest BCUT2D eigenvalue weighted by Gasteiger charge is 2.16. The summed E-state index contributed by atoms with van der Waals surface area (Å²) in [6.45, 7) is 6.17. The second-order valence-corrected chi connectivity index (χ2v) is 6.44. The van der Waals surface area contributed by atoms with E-state index in [4.69, 9.17) is 4.74 Å². The van der Waals surface area contributed by atoms with Gasteiger partial charge in [-0.2, -0.15) is 0 Å². The molecule has 0 aliphatic heterocycles.